The summed E-state index contributed by atoms with van der Waals surface area (Å²) in [6, 6.07) is 4.75. The minimum absolute atomic E-state index is 0.0555. The molecule has 2 aromatic rings. The molecule has 0 bridgehead atoms. The lowest BCUT2D eigenvalue weighted by molar-refractivity contribution is -0.386. The molecule has 0 atom stereocenters. The number of hydrogen-bond acceptors (Lipinski definition) is 8. The summed E-state index contributed by atoms with van der Waals surface area (Å²) >= 11 is 1.09. The van der Waals surface area contributed by atoms with Gasteiger partial charge in [0.15, 0.2) is 10.8 Å². The van der Waals surface area contributed by atoms with Gasteiger partial charge in [-0.05, 0) is 18.6 Å². The summed E-state index contributed by atoms with van der Waals surface area (Å²) in [5.74, 6) is 5.47. The first-order valence-corrected chi connectivity index (χ1v) is 6.05. The van der Waals surface area contributed by atoms with Crippen molar-refractivity contribution in [2.75, 3.05) is 5.43 Å². The van der Waals surface area contributed by atoms with Crippen molar-refractivity contribution < 1.29 is 9.66 Å². The number of hydrogen-bond donors (Lipinski definition) is 2. The van der Waals surface area contributed by atoms with Crippen LogP contribution in [0.2, 0.25) is 0 Å². The van der Waals surface area contributed by atoms with E-state index in [1.807, 2.05) is 0 Å². The number of rotatable bonds is 5. The first-order chi connectivity index (χ1) is 9.11. The van der Waals surface area contributed by atoms with Crippen molar-refractivity contribution in [1.82, 2.24) is 9.59 Å². The number of aromatic nitrogens is 2. The molecule has 2 rings (SSSR count). The largest absolute Gasteiger partial charge is 0.480 e. The third-order valence-corrected chi connectivity index (χ3v) is 3.06. The van der Waals surface area contributed by atoms with Crippen molar-refractivity contribution in [3.05, 3.63) is 39.6 Å². The number of nitrogens with one attached hydrogen (secondary N) is 1. The standard InChI is InChI=1S/C10H11N5O3S/c1-6-2-3-9(8(4-6)15(16)17)18-5-7-10(12-11)19-14-13-7/h2-4,12H,5,11H2,1H3. The molecule has 1 aromatic heterocycles. The Kier molecular flexibility index (Phi) is 3.88. The summed E-state index contributed by atoms with van der Waals surface area (Å²) in [4.78, 5) is 10.4. The lowest BCUT2D eigenvalue weighted by atomic mass is 10.2. The zero-order valence-electron chi connectivity index (χ0n) is 9.99. The number of ether oxygens (including phenoxy) is 1. The van der Waals surface area contributed by atoms with Crippen LogP contribution in [0.3, 0.4) is 0 Å². The molecule has 9 heteroatoms. The van der Waals surface area contributed by atoms with Gasteiger partial charge in [-0.1, -0.05) is 10.6 Å². The molecule has 3 N–H and O–H groups in total. The van der Waals surface area contributed by atoms with Crippen LogP contribution in [0.25, 0.3) is 0 Å². The van der Waals surface area contributed by atoms with E-state index in [1.54, 1.807) is 19.1 Å². The maximum atomic E-state index is 10.9. The fourth-order valence-corrected chi connectivity index (χ4v) is 1.93. The van der Waals surface area contributed by atoms with Crippen LogP contribution >= 0.6 is 11.5 Å². The topological polar surface area (TPSA) is 116 Å². The van der Waals surface area contributed by atoms with Crippen molar-refractivity contribution in [2.24, 2.45) is 5.84 Å². The molecule has 0 amide bonds. The van der Waals surface area contributed by atoms with Gasteiger partial charge >= 0.3 is 5.69 Å². The number of hydrazine groups is 1. The Balaban J connectivity index is 2.18. The van der Waals surface area contributed by atoms with Crippen LogP contribution in [0.5, 0.6) is 5.75 Å². The minimum Gasteiger partial charge on any atom is -0.480 e. The fraction of sp³-hybridized carbons (Fsp3) is 0.200. The van der Waals surface area contributed by atoms with E-state index in [-0.39, 0.29) is 18.0 Å². The van der Waals surface area contributed by atoms with E-state index in [4.69, 9.17) is 10.6 Å². The van der Waals surface area contributed by atoms with Crippen molar-refractivity contribution in [3.8, 4) is 5.75 Å². The molecule has 0 spiro atoms. The maximum Gasteiger partial charge on any atom is 0.311 e. The predicted octanol–water partition coefficient (Wildman–Crippen LogP) is 1.62. The first-order valence-electron chi connectivity index (χ1n) is 5.27. The second kappa shape index (κ2) is 5.59. The summed E-state index contributed by atoms with van der Waals surface area (Å²) < 4.78 is 9.12. The number of nitro groups is 1. The van der Waals surface area contributed by atoms with Crippen LogP contribution in [-0.4, -0.2) is 14.5 Å². The van der Waals surface area contributed by atoms with Gasteiger partial charge in [0, 0.05) is 17.6 Å². The molecule has 0 unspecified atom stereocenters. The molecule has 1 heterocycles. The number of nitrogen functional groups attached to an aromatic ring is 1. The number of aryl methyl sites for hydroxylation is 1. The smallest absolute Gasteiger partial charge is 0.311 e. The van der Waals surface area contributed by atoms with Crippen LogP contribution in [0.15, 0.2) is 18.2 Å². The van der Waals surface area contributed by atoms with Gasteiger partial charge in [0.1, 0.15) is 12.3 Å². The molecule has 19 heavy (non-hydrogen) atoms. The molecule has 8 nitrogen and oxygen atoms in total. The maximum absolute atomic E-state index is 10.9. The lowest BCUT2D eigenvalue weighted by Gasteiger charge is -2.06. The second-order valence-electron chi connectivity index (χ2n) is 3.71. The van der Waals surface area contributed by atoms with E-state index in [9.17, 15) is 10.1 Å². The molecule has 1 aromatic carbocycles. The van der Waals surface area contributed by atoms with Gasteiger partial charge < -0.3 is 10.2 Å². The summed E-state index contributed by atoms with van der Waals surface area (Å²) in [6.45, 7) is 1.83. The summed E-state index contributed by atoms with van der Waals surface area (Å²) in [7, 11) is 0. The van der Waals surface area contributed by atoms with Crippen LogP contribution < -0.4 is 16.0 Å². The lowest BCUT2D eigenvalue weighted by Crippen LogP contribution is -2.09. The SMILES string of the molecule is Cc1ccc(OCc2nnsc2NN)c([N+](=O)[O-])c1. The summed E-state index contributed by atoms with van der Waals surface area (Å²) in [5, 5.41) is 15.3. The number of nitrogens with zero attached hydrogens (tertiary/aromatic N) is 3. The van der Waals surface area contributed by atoms with E-state index >= 15 is 0 Å². The Labute approximate surface area is 112 Å². The molecule has 0 aliphatic heterocycles. The molecule has 0 aliphatic rings. The predicted molar refractivity (Wildman–Crippen MR) is 69.9 cm³/mol. The van der Waals surface area contributed by atoms with Gasteiger partial charge in [-0.3, -0.25) is 10.1 Å². The van der Waals surface area contributed by atoms with Crippen LogP contribution in [0.4, 0.5) is 10.7 Å². The van der Waals surface area contributed by atoms with E-state index in [0.717, 1.165) is 17.1 Å². The van der Waals surface area contributed by atoms with E-state index in [1.165, 1.54) is 6.07 Å². The Morgan fingerprint density at radius 1 is 1.58 bits per heavy atom. The Hall–Kier alpha value is -2.26. The van der Waals surface area contributed by atoms with Crippen LogP contribution in [-0.2, 0) is 6.61 Å². The average Bonchev–Trinajstić information content (AvgIpc) is 2.84. The van der Waals surface area contributed by atoms with Gasteiger partial charge in [0.2, 0.25) is 0 Å². The third kappa shape index (κ3) is 2.95. The molecule has 0 fully saturated rings. The van der Waals surface area contributed by atoms with Crippen molar-refractivity contribution in [3.63, 3.8) is 0 Å². The van der Waals surface area contributed by atoms with Crippen molar-refractivity contribution >= 4 is 22.2 Å². The van der Waals surface area contributed by atoms with Gasteiger partial charge in [0.25, 0.3) is 0 Å². The normalized spacial score (nSPS) is 10.2. The highest BCUT2D eigenvalue weighted by atomic mass is 32.1. The van der Waals surface area contributed by atoms with Gasteiger partial charge in [-0.25, -0.2) is 5.84 Å². The Morgan fingerprint density at radius 3 is 3.05 bits per heavy atom. The molecule has 100 valence electrons. The Bertz CT molecular complexity index is 601. The molecular formula is C10H11N5O3S. The highest BCUT2D eigenvalue weighted by Crippen LogP contribution is 2.29. The Morgan fingerprint density at radius 2 is 2.37 bits per heavy atom. The quantitative estimate of drug-likeness (QED) is 0.486. The summed E-state index contributed by atoms with van der Waals surface area (Å²) in [6.07, 6.45) is 0. The zero-order valence-corrected chi connectivity index (χ0v) is 10.8. The van der Waals surface area contributed by atoms with Crippen molar-refractivity contribution in [1.29, 1.82) is 0 Å². The van der Waals surface area contributed by atoms with E-state index in [2.05, 4.69) is 15.0 Å². The number of anilines is 1. The second-order valence-corrected chi connectivity index (χ2v) is 4.46. The number of nitrogens with two attached hydrogens (primary N) is 1. The van der Waals surface area contributed by atoms with Crippen molar-refractivity contribution in [2.45, 2.75) is 13.5 Å². The van der Waals surface area contributed by atoms with Gasteiger partial charge in [-0.2, -0.15) is 0 Å². The zero-order chi connectivity index (χ0) is 13.8. The molecular weight excluding hydrogens is 270 g/mol. The third-order valence-electron chi connectivity index (χ3n) is 2.36. The van der Waals surface area contributed by atoms with Gasteiger partial charge in [-0.15, -0.1) is 5.10 Å². The van der Waals surface area contributed by atoms with Crippen LogP contribution in [0.1, 0.15) is 11.3 Å². The van der Waals surface area contributed by atoms with E-state index < -0.39 is 4.92 Å². The molecule has 0 saturated carbocycles. The van der Waals surface area contributed by atoms with Gasteiger partial charge in [0.05, 0.1) is 4.92 Å². The fourth-order valence-electron chi connectivity index (χ4n) is 1.45. The van der Waals surface area contributed by atoms with Crippen LogP contribution in [0, 0.1) is 17.0 Å². The first kappa shape index (κ1) is 13.2. The number of benzene rings is 1. The monoisotopic (exact) mass is 281 g/mol. The summed E-state index contributed by atoms with van der Waals surface area (Å²) in [5.41, 5.74) is 3.65. The van der Waals surface area contributed by atoms with E-state index in [0.29, 0.717) is 10.7 Å². The highest BCUT2D eigenvalue weighted by Gasteiger charge is 2.16. The molecule has 0 radical (unpaired) electrons. The number of nitro benzene ring substituents is 1. The minimum atomic E-state index is -0.482. The molecule has 0 saturated heterocycles. The highest BCUT2D eigenvalue weighted by molar-refractivity contribution is 7.10. The molecule has 0 aliphatic carbocycles. The average molecular weight is 281 g/mol.